The summed E-state index contributed by atoms with van der Waals surface area (Å²) in [5.41, 5.74) is 0. The Hall–Kier alpha value is -0.910. The molecule has 2 N–H and O–H groups in total. The van der Waals surface area contributed by atoms with E-state index in [2.05, 4.69) is 12.2 Å². The highest BCUT2D eigenvalue weighted by atomic mass is 32.2. The first-order chi connectivity index (χ1) is 7.91. The molecular formula is C11H20N2O3S. The number of aliphatic carboxylic acids is 1. The van der Waals surface area contributed by atoms with Crippen LogP contribution in [0.5, 0.6) is 0 Å². The van der Waals surface area contributed by atoms with Gasteiger partial charge in [-0.25, -0.2) is 9.59 Å². The highest BCUT2D eigenvalue weighted by Crippen LogP contribution is 2.17. The maximum atomic E-state index is 11.9. The largest absolute Gasteiger partial charge is 0.480 e. The number of carbonyl (C=O) groups excluding carboxylic acids is 1. The fraction of sp³-hybridized carbons (Fsp3) is 0.818. The van der Waals surface area contributed by atoms with Crippen LogP contribution in [-0.4, -0.2) is 52.1 Å². The molecule has 1 rings (SSSR count). The first-order valence-corrected chi connectivity index (χ1v) is 6.86. The lowest BCUT2D eigenvalue weighted by atomic mass is 10.1. The molecule has 1 saturated heterocycles. The molecule has 0 aliphatic carbocycles. The second-order valence-electron chi connectivity index (χ2n) is 4.64. The van der Waals surface area contributed by atoms with Crippen molar-refractivity contribution in [3.05, 3.63) is 0 Å². The smallest absolute Gasteiger partial charge is 0.326 e. The number of urea groups is 1. The summed E-state index contributed by atoms with van der Waals surface area (Å²) in [5, 5.41) is 12.0. The van der Waals surface area contributed by atoms with Crippen molar-refractivity contribution in [3.8, 4) is 0 Å². The van der Waals surface area contributed by atoms with E-state index in [-0.39, 0.29) is 11.9 Å². The zero-order valence-electron chi connectivity index (χ0n) is 10.5. The molecule has 5 nitrogen and oxygen atoms in total. The van der Waals surface area contributed by atoms with Gasteiger partial charge in [0.2, 0.25) is 0 Å². The zero-order chi connectivity index (χ0) is 13.0. The summed E-state index contributed by atoms with van der Waals surface area (Å²) in [6.45, 7) is 7.01. The molecule has 2 amide bonds. The molecule has 1 aliphatic heterocycles. The molecule has 0 saturated carbocycles. The van der Waals surface area contributed by atoms with Crippen LogP contribution in [0.3, 0.4) is 0 Å². The van der Waals surface area contributed by atoms with E-state index in [1.807, 2.05) is 11.8 Å². The Kier molecular flexibility index (Phi) is 5.11. The molecule has 1 heterocycles. The number of amides is 2. The summed E-state index contributed by atoms with van der Waals surface area (Å²) in [6.07, 6.45) is 0. The van der Waals surface area contributed by atoms with Gasteiger partial charge in [-0.05, 0) is 5.92 Å². The fourth-order valence-electron chi connectivity index (χ4n) is 1.74. The van der Waals surface area contributed by atoms with Crippen LogP contribution in [0.25, 0.3) is 0 Å². The standard InChI is InChI=1S/C11H20N2O3S/c1-7(2)9(10(14)15)12-11(16)13-4-5-17-8(3)6-13/h7-9H,4-6H2,1-3H3,(H,12,16)(H,14,15)/t8?,9-/m1/s1. The topological polar surface area (TPSA) is 69.6 Å². The number of thioether (sulfide) groups is 1. The Balaban J connectivity index is 2.54. The van der Waals surface area contributed by atoms with Crippen molar-refractivity contribution in [1.29, 1.82) is 0 Å². The zero-order valence-corrected chi connectivity index (χ0v) is 11.3. The highest BCUT2D eigenvalue weighted by Gasteiger charge is 2.27. The minimum absolute atomic E-state index is 0.118. The second kappa shape index (κ2) is 6.14. The Labute approximate surface area is 106 Å². The molecule has 2 atom stereocenters. The van der Waals surface area contributed by atoms with Gasteiger partial charge in [0.1, 0.15) is 6.04 Å². The van der Waals surface area contributed by atoms with Crippen molar-refractivity contribution in [1.82, 2.24) is 10.2 Å². The Bertz CT molecular complexity index is 296. The first-order valence-electron chi connectivity index (χ1n) is 5.81. The molecule has 0 spiro atoms. The van der Waals surface area contributed by atoms with E-state index in [0.29, 0.717) is 18.3 Å². The van der Waals surface area contributed by atoms with Gasteiger partial charge in [-0.3, -0.25) is 0 Å². The van der Waals surface area contributed by atoms with E-state index in [1.54, 1.807) is 18.7 Å². The maximum Gasteiger partial charge on any atom is 0.326 e. The van der Waals surface area contributed by atoms with E-state index in [4.69, 9.17) is 5.11 Å². The number of carboxylic acid groups (broad SMARTS) is 1. The molecule has 6 heteroatoms. The molecule has 1 aliphatic rings. The van der Waals surface area contributed by atoms with Crippen molar-refractivity contribution in [2.45, 2.75) is 32.1 Å². The second-order valence-corrected chi connectivity index (χ2v) is 6.18. The normalized spacial score (nSPS) is 22.4. The van der Waals surface area contributed by atoms with E-state index >= 15 is 0 Å². The van der Waals surface area contributed by atoms with Crippen LogP contribution in [0.2, 0.25) is 0 Å². The average molecular weight is 260 g/mol. The van der Waals surface area contributed by atoms with Crippen molar-refractivity contribution in [3.63, 3.8) is 0 Å². The highest BCUT2D eigenvalue weighted by molar-refractivity contribution is 7.99. The summed E-state index contributed by atoms with van der Waals surface area (Å²) in [6, 6.07) is -1.08. The maximum absolute atomic E-state index is 11.9. The number of carboxylic acids is 1. The van der Waals surface area contributed by atoms with Gasteiger partial charge in [-0.15, -0.1) is 0 Å². The average Bonchev–Trinajstić information content (AvgIpc) is 2.24. The Morgan fingerprint density at radius 1 is 1.47 bits per heavy atom. The summed E-state index contributed by atoms with van der Waals surface area (Å²) >= 11 is 1.83. The van der Waals surface area contributed by atoms with Gasteiger partial charge < -0.3 is 15.3 Å². The summed E-state index contributed by atoms with van der Waals surface area (Å²) in [4.78, 5) is 24.6. The number of nitrogens with zero attached hydrogens (tertiary/aromatic N) is 1. The van der Waals surface area contributed by atoms with E-state index in [1.165, 1.54) is 0 Å². The number of hydrogen-bond acceptors (Lipinski definition) is 3. The van der Waals surface area contributed by atoms with Crippen LogP contribution in [0.4, 0.5) is 4.79 Å². The van der Waals surface area contributed by atoms with Crippen LogP contribution in [-0.2, 0) is 4.79 Å². The Morgan fingerprint density at radius 2 is 2.12 bits per heavy atom. The third-order valence-corrected chi connectivity index (χ3v) is 3.88. The first kappa shape index (κ1) is 14.2. The number of rotatable bonds is 3. The van der Waals surface area contributed by atoms with E-state index < -0.39 is 12.0 Å². The molecule has 0 aromatic rings. The molecule has 98 valence electrons. The quantitative estimate of drug-likeness (QED) is 0.801. The third kappa shape index (κ3) is 4.11. The number of carbonyl (C=O) groups is 2. The van der Waals surface area contributed by atoms with Gasteiger partial charge in [0.25, 0.3) is 0 Å². The fourth-order valence-corrected chi connectivity index (χ4v) is 2.75. The van der Waals surface area contributed by atoms with Gasteiger partial charge in [-0.2, -0.15) is 11.8 Å². The van der Waals surface area contributed by atoms with Gasteiger partial charge >= 0.3 is 12.0 Å². The van der Waals surface area contributed by atoms with E-state index in [9.17, 15) is 9.59 Å². The van der Waals surface area contributed by atoms with E-state index in [0.717, 1.165) is 5.75 Å². The molecule has 17 heavy (non-hydrogen) atoms. The lowest BCUT2D eigenvalue weighted by Gasteiger charge is -2.32. The van der Waals surface area contributed by atoms with Gasteiger partial charge in [0.15, 0.2) is 0 Å². The molecule has 1 fully saturated rings. The monoisotopic (exact) mass is 260 g/mol. The predicted octanol–water partition coefficient (Wildman–Crippen LogP) is 1.24. The molecular weight excluding hydrogens is 240 g/mol. The molecule has 0 radical (unpaired) electrons. The molecule has 0 aromatic heterocycles. The van der Waals surface area contributed by atoms with Gasteiger partial charge in [0, 0.05) is 24.1 Å². The Morgan fingerprint density at radius 3 is 2.59 bits per heavy atom. The predicted molar refractivity (Wildman–Crippen MR) is 68.3 cm³/mol. The van der Waals surface area contributed by atoms with Crippen molar-refractivity contribution in [2.24, 2.45) is 5.92 Å². The van der Waals surface area contributed by atoms with Crippen LogP contribution in [0, 0.1) is 5.92 Å². The minimum atomic E-state index is -0.979. The summed E-state index contributed by atoms with van der Waals surface area (Å²) < 4.78 is 0. The molecule has 0 bridgehead atoms. The minimum Gasteiger partial charge on any atom is -0.480 e. The van der Waals surface area contributed by atoms with Crippen LogP contribution >= 0.6 is 11.8 Å². The van der Waals surface area contributed by atoms with Gasteiger partial charge in [-0.1, -0.05) is 20.8 Å². The molecule has 1 unspecified atom stereocenters. The number of hydrogen-bond donors (Lipinski definition) is 2. The van der Waals surface area contributed by atoms with Crippen molar-refractivity contribution >= 4 is 23.8 Å². The lowest BCUT2D eigenvalue weighted by Crippen LogP contribution is -2.52. The third-order valence-electron chi connectivity index (χ3n) is 2.74. The molecule has 0 aromatic carbocycles. The summed E-state index contributed by atoms with van der Waals surface area (Å²) in [7, 11) is 0. The SMILES string of the molecule is CC1CN(C(=O)N[C@@H](C(=O)O)C(C)C)CCS1. The van der Waals surface area contributed by atoms with Crippen LogP contribution in [0.15, 0.2) is 0 Å². The van der Waals surface area contributed by atoms with Crippen LogP contribution in [0.1, 0.15) is 20.8 Å². The lowest BCUT2D eigenvalue weighted by molar-refractivity contribution is -0.140. The van der Waals surface area contributed by atoms with Crippen molar-refractivity contribution < 1.29 is 14.7 Å². The van der Waals surface area contributed by atoms with Crippen molar-refractivity contribution in [2.75, 3.05) is 18.8 Å². The van der Waals surface area contributed by atoms with Crippen LogP contribution < -0.4 is 5.32 Å². The van der Waals surface area contributed by atoms with Gasteiger partial charge in [0.05, 0.1) is 0 Å². The number of nitrogens with one attached hydrogen (secondary N) is 1. The summed E-state index contributed by atoms with van der Waals surface area (Å²) in [5.74, 6) is -0.186.